The van der Waals surface area contributed by atoms with Gasteiger partial charge in [-0.3, -0.25) is 19.4 Å². The largest absolute Gasteiger partial charge is 0.460 e. The van der Waals surface area contributed by atoms with E-state index in [2.05, 4.69) is 9.97 Å². The maximum Gasteiger partial charge on any atom is 0.417 e. The van der Waals surface area contributed by atoms with E-state index in [1.807, 2.05) is 6.07 Å². The summed E-state index contributed by atoms with van der Waals surface area (Å²) in [5, 5.41) is -0.231. The molecule has 16 heteroatoms. The second-order valence-electron chi connectivity index (χ2n) is 13.5. The molecule has 4 aromatic rings. The van der Waals surface area contributed by atoms with Crippen molar-refractivity contribution >= 4 is 46.4 Å². The van der Waals surface area contributed by atoms with Crippen LogP contribution in [0.2, 0.25) is 5.02 Å². The molecule has 1 atom stereocenters. The molecule has 2 aliphatic heterocycles. The van der Waals surface area contributed by atoms with Gasteiger partial charge >= 0.3 is 12.1 Å². The first-order valence-corrected chi connectivity index (χ1v) is 16.2. The average molecular weight is 716 g/mol. The first kappa shape index (κ1) is 35.1. The number of amides is 2. The lowest BCUT2D eigenvalue weighted by molar-refractivity contribution is -0.155. The molecule has 1 fully saturated rings. The van der Waals surface area contributed by atoms with Gasteiger partial charge < -0.3 is 24.8 Å². The number of nitrogens with zero attached hydrogens (tertiary/aromatic N) is 6. The zero-order valence-electron chi connectivity index (χ0n) is 27.6. The number of primary amides is 1. The number of aryl methyl sites for hydroxylation is 1. The number of fused-ring (bicyclic) bond motifs is 2. The van der Waals surface area contributed by atoms with E-state index in [0.29, 0.717) is 45.7 Å². The highest BCUT2D eigenvalue weighted by atomic mass is 35.5. The molecule has 3 aromatic heterocycles. The molecular formula is C34H34ClF4N7O4. The fraction of sp³-hybridized carbons (Fsp3) is 0.412. The molecule has 2 N–H and O–H groups in total. The maximum atomic E-state index is 13.9. The summed E-state index contributed by atoms with van der Waals surface area (Å²) in [7, 11) is 0. The summed E-state index contributed by atoms with van der Waals surface area (Å²) in [5.74, 6) is -0.721. The number of hydrogen-bond donors (Lipinski definition) is 1. The number of pyridine rings is 2. The average Bonchev–Trinajstić information content (AvgIpc) is 3.48. The molecule has 50 heavy (non-hydrogen) atoms. The van der Waals surface area contributed by atoms with Crippen molar-refractivity contribution in [3.63, 3.8) is 0 Å². The number of esters is 1. The summed E-state index contributed by atoms with van der Waals surface area (Å²) in [6.45, 7) is 7.46. The molecule has 0 bridgehead atoms. The van der Waals surface area contributed by atoms with Gasteiger partial charge in [0.25, 0.3) is 5.91 Å². The van der Waals surface area contributed by atoms with Crippen LogP contribution in [-0.4, -0.2) is 73.1 Å². The summed E-state index contributed by atoms with van der Waals surface area (Å²) in [6, 6.07) is 6.62. The van der Waals surface area contributed by atoms with Gasteiger partial charge in [0.05, 0.1) is 35.9 Å². The third-order valence-corrected chi connectivity index (χ3v) is 8.84. The highest BCUT2D eigenvalue weighted by Gasteiger charge is 2.37. The Bertz CT molecular complexity index is 2020. The van der Waals surface area contributed by atoms with Crippen LogP contribution < -0.4 is 10.6 Å². The number of halogens is 5. The smallest absolute Gasteiger partial charge is 0.417 e. The highest BCUT2D eigenvalue weighted by molar-refractivity contribution is 6.33. The van der Waals surface area contributed by atoms with Crippen LogP contribution in [0.3, 0.4) is 0 Å². The first-order chi connectivity index (χ1) is 23.4. The second kappa shape index (κ2) is 12.8. The monoisotopic (exact) mass is 715 g/mol. The predicted molar refractivity (Wildman–Crippen MR) is 176 cm³/mol. The van der Waals surface area contributed by atoms with Crippen molar-refractivity contribution in [3.05, 3.63) is 69.6 Å². The molecule has 0 radical (unpaired) electrons. The van der Waals surface area contributed by atoms with E-state index in [4.69, 9.17) is 27.1 Å². The molecule has 0 saturated carbocycles. The zero-order valence-corrected chi connectivity index (χ0v) is 28.4. The Hall–Kier alpha value is -4.79. The number of anilines is 1. The number of nitrogens with two attached hydrogens (primary N) is 1. The number of alkyl halides is 4. The van der Waals surface area contributed by atoms with Gasteiger partial charge in [-0.1, -0.05) is 23.7 Å². The van der Waals surface area contributed by atoms with Gasteiger partial charge in [0.15, 0.2) is 5.65 Å². The minimum atomic E-state index is -4.64. The number of imidazole rings is 1. The molecule has 6 rings (SSSR count). The van der Waals surface area contributed by atoms with E-state index in [1.54, 1.807) is 55.4 Å². The van der Waals surface area contributed by atoms with Crippen molar-refractivity contribution in [2.45, 2.75) is 77.6 Å². The maximum absolute atomic E-state index is 13.9. The Morgan fingerprint density at radius 1 is 1.10 bits per heavy atom. The number of carbonyl (C=O) groups excluding carboxylic acids is 3. The molecule has 1 saturated heterocycles. The Morgan fingerprint density at radius 3 is 2.44 bits per heavy atom. The normalized spacial score (nSPS) is 15.7. The van der Waals surface area contributed by atoms with Gasteiger partial charge in [-0.2, -0.15) is 13.2 Å². The lowest BCUT2D eigenvalue weighted by Crippen LogP contribution is -2.48. The first-order valence-electron chi connectivity index (χ1n) is 15.8. The second-order valence-corrected chi connectivity index (χ2v) is 13.9. The van der Waals surface area contributed by atoms with Crippen molar-refractivity contribution in [3.8, 4) is 11.3 Å². The number of rotatable bonds is 9. The molecule has 2 amide bonds. The van der Waals surface area contributed by atoms with Crippen LogP contribution in [0.25, 0.3) is 22.4 Å². The molecule has 0 aliphatic carbocycles. The molecule has 264 valence electrons. The SMILES string of the molecule is Cc1nc2c(-c3ncc(C(F)(F)F)cc3Cl)cc(N3CC(F)C3)nc2n1Cc1ccc2c(c1)CN([C@@H](CCC(=O)OC(C)(C)C)C(N)=O)C2=O. The zero-order chi connectivity index (χ0) is 36.3. The topological polar surface area (TPSA) is 137 Å². The molecule has 0 spiro atoms. The highest BCUT2D eigenvalue weighted by Crippen LogP contribution is 2.38. The minimum Gasteiger partial charge on any atom is -0.460 e. The van der Waals surface area contributed by atoms with Crippen molar-refractivity contribution in [1.29, 1.82) is 0 Å². The third-order valence-electron chi connectivity index (χ3n) is 8.55. The van der Waals surface area contributed by atoms with Crippen molar-refractivity contribution in [1.82, 2.24) is 24.4 Å². The van der Waals surface area contributed by atoms with Crippen LogP contribution in [0.5, 0.6) is 0 Å². The molecule has 0 unspecified atom stereocenters. The number of benzene rings is 1. The molecule has 2 aliphatic rings. The standard InChI is InChI=1S/C34H34ClF4N7O4/c1-17-42-29-23(28-24(35)10-20(12-41-28)34(37,38)39)11-26(44-15-21(36)16-44)43-31(29)45(17)13-18-5-6-22-19(9-18)14-46(32(22)49)25(30(40)48)7-8-27(47)50-33(2,3)4/h5-6,9-12,21,25H,7-8,13-16H2,1-4H3,(H2,40,48)/t25-/m0/s1. The molecule has 5 heterocycles. The number of aromatic nitrogens is 4. The van der Waals surface area contributed by atoms with Crippen molar-refractivity contribution < 1.29 is 36.7 Å². The van der Waals surface area contributed by atoms with Gasteiger partial charge in [-0.15, -0.1) is 0 Å². The summed E-state index contributed by atoms with van der Waals surface area (Å²) in [4.78, 5) is 54.7. The van der Waals surface area contributed by atoms with E-state index < -0.39 is 41.4 Å². The lowest BCUT2D eigenvalue weighted by atomic mass is 10.1. The van der Waals surface area contributed by atoms with Crippen LogP contribution >= 0.6 is 11.6 Å². The van der Waals surface area contributed by atoms with Gasteiger partial charge in [0, 0.05) is 30.3 Å². The van der Waals surface area contributed by atoms with Gasteiger partial charge in [-0.05, 0) is 63.4 Å². The Labute approximate surface area is 289 Å². The van der Waals surface area contributed by atoms with Crippen LogP contribution in [0, 0.1) is 6.92 Å². The quantitative estimate of drug-likeness (QED) is 0.175. The summed E-state index contributed by atoms with van der Waals surface area (Å²) < 4.78 is 61.1. The summed E-state index contributed by atoms with van der Waals surface area (Å²) in [6.07, 6.45) is -5.08. The van der Waals surface area contributed by atoms with Gasteiger partial charge in [0.2, 0.25) is 5.91 Å². The molecule has 1 aromatic carbocycles. The van der Waals surface area contributed by atoms with Crippen LogP contribution in [0.4, 0.5) is 23.4 Å². The fourth-order valence-corrected chi connectivity index (χ4v) is 6.42. The summed E-state index contributed by atoms with van der Waals surface area (Å²) >= 11 is 6.36. The fourth-order valence-electron chi connectivity index (χ4n) is 6.15. The Morgan fingerprint density at radius 2 is 1.82 bits per heavy atom. The van der Waals surface area contributed by atoms with E-state index in [1.165, 1.54) is 4.90 Å². The summed E-state index contributed by atoms with van der Waals surface area (Å²) in [5.41, 5.74) is 6.92. The predicted octanol–water partition coefficient (Wildman–Crippen LogP) is 5.61. The van der Waals surface area contributed by atoms with Crippen LogP contribution in [0.1, 0.15) is 66.5 Å². The number of carbonyl (C=O) groups is 3. The van der Waals surface area contributed by atoms with Gasteiger partial charge in [0.1, 0.15) is 35.0 Å². The van der Waals surface area contributed by atoms with Crippen molar-refractivity contribution in [2.24, 2.45) is 5.73 Å². The third kappa shape index (κ3) is 6.96. The lowest BCUT2D eigenvalue weighted by Gasteiger charge is -2.35. The van der Waals surface area contributed by atoms with Crippen LogP contribution in [0.15, 0.2) is 36.5 Å². The number of ether oxygens (including phenoxy) is 1. The molecule has 11 nitrogen and oxygen atoms in total. The van der Waals surface area contributed by atoms with E-state index in [9.17, 15) is 31.9 Å². The Balaban J connectivity index is 1.31. The molecular weight excluding hydrogens is 682 g/mol. The van der Waals surface area contributed by atoms with E-state index >= 15 is 0 Å². The van der Waals surface area contributed by atoms with Crippen LogP contribution in [-0.2, 0) is 33.6 Å². The number of hydrogen-bond acceptors (Lipinski definition) is 8. The van der Waals surface area contributed by atoms with Gasteiger partial charge in [-0.25, -0.2) is 14.4 Å². The minimum absolute atomic E-state index is 0.00532. The Kier molecular flexibility index (Phi) is 8.99. The van der Waals surface area contributed by atoms with E-state index in [0.717, 1.165) is 11.6 Å². The van der Waals surface area contributed by atoms with E-state index in [-0.39, 0.29) is 55.6 Å². The van der Waals surface area contributed by atoms with Crippen molar-refractivity contribution in [2.75, 3.05) is 18.0 Å².